The van der Waals surface area contributed by atoms with Crippen molar-refractivity contribution in [3.63, 3.8) is 0 Å². The molecule has 0 atom stereocenters. The molecule has 2 heterocycles. The lowest BCUT2D eigenvalue weighted by molar-refractivity contribution is 0.0699. The molecule has 0 fully saturated rings. The van der Waals surface area contributed by atoms with Crippen molar-refractivity contribution in [1.82, 2.24) is 19.8 Å². The van der Waals surface area contributed by atoms with Gasteiger partial charge in [0, 0.05) is 43.5 Å². The zero-order chi connectivity index (χ0) is 29.4. The number of aromatic carboxylic acids is 1. The van der Waals surface area contributed by atoms with Crippen LogP contribution in [0.15, 0.2) is 54.9 Å². The van der Waals surface area contributed by atoms with Crippen molar-refractivity contribution < 1.29 is 28.2 Å². The number of fused-ring (bicyclic) bond motifs is 1. The van der Waals surface area contributed by atoms with E-state index in [1.54, 1.807) is 12.1 Å². The zero-order valence-electron chi connectivity index (χ0n) is 23.1. The van der Waals surface area contributed by atoms with Crippen LogP contribution in [-0.4, -0.2) is 79.3 Å². The van der Waals surface area contributed by atoms with Gasteiger partial charge in [0.15, 0.2) is 23.1 Å². The highest BCUT2D eigenvalue weighted by Gasteiger charge is 2.24. The number of anilines is 1. The summed E-state index contributed by atoms with van der Waals surface area (Å²) in [5, 5.41) is 9.59. The first-order valence-corrected chi connectivity index (χ1v) is 12.3. The van der Waals surface area contributed by atoms with Gasteiger partial charge in [-0.3, -0.25) is 4.98 Å². The molecule has 11 heteroatoms. The van der Waals surface area contributed by atoms with Crippen LogP contribution in [0.1, 0.15) is 15.9 Å². The molecule has 2 aromatic heterocycles. The molecule has 212 valence electrons. The molecule has 3 N–H and O–H groups in total. The first kappa shape index (κ1) is 30.2. The second-order valence-electron chi connectivity index (χ2n) is 9.28. The van der Waals surface area contributed by atoms with Crippen molar-refractivity contribution in [2.75, 3.05) is 54.2 Å². The van der Waals surface area contributed by atoms with Crippen molar-refractivity contribution >= 4 is 22.7 Å². The molecule has 0 spiro atoms. The van der Waals surface area contributed by atoms with Gasteiger partial charge >= 0.3 is 5.97 Å². The zero-order valence-corrected chi connectivity index (χ0v) is 23.1. The van der Waals surface area contributed by atoms with Crippen molar-refractivity contribution in [1.29, 1.82) is 0 Å². The van der Waals surface area contributed by atoms with Gasteiger partial charge in [-0.1, -0.05) is 18.2 Å². The Morgan fingerprint density at radius 3 is 2.20 bits per heavy atom. The minimum atomic E-state index is -1.18. The third-order valence-electron chi connectivity index (χ3n) is 6.07. The fraction of sp³-hybridized carbons (Fsp3) is 0.276. The third kappa shape index (κ3) is 7.19. The predicted octanol–water partition coefficient (Wildman–Crippen LogP) is 4.55. The van der Waals surface area contributed by atoms with Gasteiger partial charge in [0.25, 0.3) is 0 Å². The van der Waals surface area contributed by atoms with E-state index >= 15 is 0 Å². The molecular formula is C29H33F2N5O4. The molecule has 4 rings (SSSR count). The number of carboxylic acid groups (broad SMARTS) is 1. The largest absolute Gasteiger partial charge is 0.494 e. The average Bonchev–Trinajstić information content (AvgIpc) is 2.93. The first-order chi connectivity index (χ1) is 19.1. The summed E-state index contributed by atoms with van der Waals surface area (Å²) < 4.78 is 39.4. The van der Waals surface area contributed by atoms with E-state index < -0.39 is 17.6 Å². The lowest BCUT2D eigenvalue weighted by atomic mass is 9.96. The van der Waals surface area contributed by atoms with E-state index in [0.29, 0.717) is 11.2 Å². The van der Waals surface area contributed by atoms with Crippen molar-refractivity contribution in [3.8, 4) is 22.6 Å². The van der Waals surface area contributed by atoms with E-state index in [-0.39, 0.29) is 33.7 Å². The molecule has 0 aliphatic heterocycles. The fourth-order valence-electron chi connectivity index (χ4n) is 3.98. The van der Waals surface area contributed by atoms with Crippen molar-refractivity contribution in [2.45, 2.75) is 6.54 Å². The van der Waals surface area contributed by atoms with Crippen LogP contribution in [0.5, 0.6) is 11.5 Å². The highest BCUT2D eigenvalue weighted by molar-refractivity contribution is 6.07. The summed E-state index contributed by atoms with van der Waals surface area (Å²) in [6.45, 7) is 3.04. The molecule has 0 amide bonds. The van der Waals surface area contributed by atoms with E-state index in [0.717, 1.165) is 25.7 Å². The van der Waals surface area contributed by atoms with Crippen LogP contribution in [0.2, 0.25) is 0 Å². The Morgan fingerprint density at radius 2 is 1.65 bits per heavy atom. The van der Waals surface area contributed by atoms with Gasteiger partial charge in [-0.2, -0.15) is 0 Å². The lowest BCUT2D eigenvalue weighted by Crippen LogP contribution is -2.28. The number of nitrogens with two attached hydrogens (primary N) is 1. The normalized spacial score (nSPS) is 10.9. The number of ether oxygens (including phenoxy) is 2. The van der Waals surface area contributed by atoms with Crippen molar-refractivity contribution in [3.05, 3.63) is 77.6 Å². The fourth-order valence-corrected chi connectivity index (χ4v) is 3.98. The Morgan fingerprint density at radius 1 is 0.975 bits per heavy atom. The van der Waals surface area contributed by atoms with Crippen LogP contribution in [0.3, 0.4) is 0 Å². The number of nitrogens with zero attached hydrogens (tertiary/aromatic N) is 4. The minimum Gasteiger partial charge on any atom is -0.494 e. The summed E-state index contributed by atoms with van der Waals surface area (Å²) in [4.78, 5) is 23.9. The maximum absolute atomic E-state index is 14.8. The lowest BCUT2D eigenvalue weighted by Gasteiger charge is -2.19. The van der Waals surface area contributed by atoms with Crippen LogP contribution in [0.4, 0.5) is 14.6 Å². The Hall–Kier alpha value is -4.35. The van der Waals surface area contributed by atoms with Gasteiger partial charge in [-0.05, 0) is 50.5 Å². The molecule has 40 heavy (non-hydrogen) atoms. The molecule has 0 aliphatic rings. The van der Waals surface area contributed by atoms with Crippen LogP contribution in [-0.2, 0) is 6.54 Å². The highest BCUT2D eigenvalue weighted by Crippen LogP contribution is 2.40. The number of methoxy groups -OCH3 is 2. The summed E-state index contributed by atoms with van der Waals surface area (Å²) in [6, 6.07) is 10.7. The summed E-state index contributed by atoms with van der Waals surface area (Å²) in [5.74, 6) is -2.79. The second-order valence-corrected chi connectivity index (χ2v) is 9.28. The summed E-state index contributed by atoms with van der Waals surface area (Å²) >= 11 is 0. The maximum Gasteiger partial charge on any atom is 0.337 e. The number of aromatic nitrogens is 2. The molecule has 0 saturated carbocycles. The molecule has 0 saturated heterocycles. The van der Waals surface area contributed by atoms with Crippen molar-refractivity contribution in [2.24, 2.45) is 0 Å². The number of pyridine rings is 2. The van der Waals surface area contributed by atoms with Gasteiger partial charge in [0.2, 0.25) is 0 Å². The number of carbonyl (C=O) groups is 1. The van der Waals surface area contributed by atoms with Crippen LogP contribution in [0, 0.1) is 11.6 Å². The summed E-state index contributed by atoms with van der Waals surface area (Å²) in [7, 11) is 8.79. The SMILES string of the molecule is CN(C)CCN(C)Cc1ccc(N)nc1.COc1cc(OC)c(F)c(-c2ccc(C(=O)O)c3ncccc23)c1F. The summed E-state index contributed by atoms with van der Waals surface area (Å²) in [6.07, 6.45) is 3.25. The van der Waals surface area contributed by atoms with Crippen LogP contribution >= 0.6 is 0 Å². The molecule has 0 radical (unpaired) electrons. The quantitative estimate of drug-likeness (QED) is 0.308. The Bertz CT molecular complexity index is 1440. The van der Waals surface area contributed by atoms with E-state index in [1.807, 2.05) is 18.3 Å². The smallest absolute Gasteiger partial charge is 0.337 e. The van der Waals surface area contributed by atoms with E-state index in [9.17, 15) is 18.7 Å². The Balaban J connectivity index is 0.000000252. The average molecular weight is 554 g/mol. The topological polar surface area (TPSA) is 114 Å². The van der Waals surface area contributed by atoms with Crippen LogP contribution in [0.25, 0.3) is 22.0 Å². The Kier molecular flexibility index (Phi) is 10.3. The van der Waals surface area contributed by atoms with Gasteiger partial charge in [-0.25, -0.2) is 18.6 Å². The van der Waals surface area contributed by atoms with Gasteiger partial charge < -0.3 is 30.1 Å². The molecule has 0 unspecified atom stereocenters. The number of halogens is 2. The molecule has 4 aromatic rings. The molecule has 2 aromatic carbocycles. The molecule has 0 bridgehead atoms. The second kappa shape index (κ2) is 13.6. The standard InChI is InChI=1S/C18H13F2NO4.C11H20N4/c1-24-12-8-13(25-2)16(20)14(15(12)19)9-5-6-11(18(22)23)17-10(9)4-3-7-21-17;1-14(2)6-7-15(3)9-10-4-5-11(12)13-8-10/h3-8H,1-2H3,(H,22,23);4-5,8H,6-7,9H2,1-3H3,(H2,12,13). The van der Waals surface area contributed by atoms with Gasteiger partial charge in [-0.15, -0.1) is 0 Å². The van der Waals surface area contributed by atoms with E-state index in [2.05, 4.69) is 40.9 Å². The number of carboxylic acids is 1. The number of likely N-dealkylation sites (N-methyl/N-ethyl adjacent to an activating group) is 2. The number of nitrogen functional groups attached to an aromatic ring is 1. The number of benzene rings is 2. The first-order valence-electron chi connectivity index (χ1n) is 12.3. The van der Waals surface area contributed by atoms with Gasteiger partial charge in [0.05, 0.1) is 30.9 Å². The van der Waals surface area contributed by atoms with E-state index in [1.165, 1.54) is 38.1 Å². The summed E-state index contributed by atoms with van der Waals surface area (Å²) in [5.41, 5.74) is 6.58. The highest BCUT2D eigenvalue weighted by atomic mass is 19.1. The molecule has 0 aliphatic carbocycles. The van der Waals surface area contributed by atoms with E-state index in [4.69, 9.17) is 15.2 Å². The molecule has 9 nitrogen and oxygen atoms in total. The Labute approximate surface area is 231 Å². The predicted molar refractivity (Wildman–Crippen MR) is 151 cm³/mol. The third-order valence-corrected chi connectivity index (χ3v) is 6.07. The molecular weight excluding hydrogens is 520 g/mol. The number of rotatable bonds is 9. The minimum absolute atomic E-state index is 0.0602. The van der Waals surface area contributed by atoms with Gasteiger partial charge in [0.1, 0.15) is 5.82 Å². The monoisotopic (exact) mass is 553 g/mol. The van der Waals surface area contributed by atoms with Crippen LogP contribution < -0.4 is 15.2 Å². The number of hydrogen-bond donors (Lipinski definition) is 2. The maximum atomic E-state index is 14.8. The number of hydrogen-bond acceptors (Lipinski definition) is 8.